The fourth-order valence-corrected chi connectivity index (χ4v) is 1.36. The average molecular weight is 185 g/mol. The molecule has 0 aromatic carbocycles. The molecule has 2 nitrogen and oxygen atoms in total. The maximum Gasteiger partial charge on any atom is 0.223 e. The minimum absolute atomic E-state index is 0.242. The number of hydrogen-bond acceptors (Lipinski definition) is 1. The Bertz CT molecular complexity index is 134. The van der Waals surface area contributed by atoms with E-state index in [1.54, 1.807) is 0 Å². The van der Waals surface area contributed by atoms with Crippen molar-refractivity contribution in [2.24, 2.45) is 5.92 Å². The summed E-state index contributed by atoms with van der Waals surface area (Å²) < 4.78 is 0. The fraction of sp³-hybridized carbons (Fsp3) is 0.909. The molecule has 0 saturated heterocycles. The van der Waals surface area contributed by atoms with Crippen LogP contribution in [0.2, 0.25) is 0 Å². The van der Waals surface area contributed by atoms with Crippen LogP contribution in [0.15, 0.2) is 0 Å². The van der Waals surface area contributed by atoms with E-state index in [0.717, 1.165) is 32.2 Å². The highest BCUT2D eigenvalue weighted by Gasteiger charge is 2.14. The van der Waals surface area contributed by atoms with Gasteiger partial charge in [0, 0.05) is 12.5 Å². The van der Waals surface area contributed by atoms with E-state index in [-0.39, 0.29) is 11.8 Å². The highest BCUT2D eigenvalue weighted by atomic mass is 16.1. The molecule has 0 saturated carbocycles. The van der Waals surface area contributed by atoms with Crippen molar-refractivity contribution >= 4 is 5.91 Å². The largest absolute Gasteiger partial charge is 0.356 e. The van der Waals surface area contributed by atoms with Gasteiger partial charge in [0.25, 0.3) is 0 Å². The Morgan fingerprint density at radius 1 is 1.23 bits per heavy atom. The molecule has 2 heteroatoms. The molecule has 78 valence electrons. The number of unbranched alkanes of at least 4 members (excludes halogenated alkanes) is 1. The van der Waals surface area contributed by atoms with Crippen LogP contribution in [0.3, 0.4) is 0 Å². The van der Waals surface area contributed by atoms with Gasteiger partial charge in [0.05, 0.1) is 0 Å². The molecule has 0 aliphatic carbocycles. The summed E-state index contributed by atoms with van der Waals surface area (Å²) in [4.78, 5) is 11.5. The van der Waals surface area contributed by atoms with Crippen LogP contribution in [0.25, 0.3) is 0 Å². The summed E-state index contributed by atoms with van der Waals surface area (Å²) in [5.74, 6) is 0.490. The van der Waals surface area contributed by atoms with Gasteiger partial charge in [-0.05, 0) is 19.3 Å². The second-order valence-corrected chi connectivity index (χ2v) is 3.54. The van der Waals surface area contributed by atoms with E-state index in [0.29, 0.717) is 0 Å². The maximum absolute atomic E-state index is 11.5. The fourth-order valence-electron chi connectivity index (χ4n) is 1.36. The predicted molar refractivity (Wildman–Crippen MR) is 56.6 cm³/mol. The summed E-state index contributed by atoms with van der Waals surface area (Å²) in [6, 6.07) is 0. The number of rotatable bonds is 7. The molecular formula is C11H23NO. The minimum Gasteiger partial charge on any atom is -0.356 e. The van der Waals surface area contributed by atoms with Gasteiger partial charge in [0.15, 0.2) is 0 Å². The summed E-state index contributed by atoms with van der Waals surface area (Å²) in [5.41, 5.74) is 0. The monoisotopic (exact) mass is 185 g/mol. The Morgan fingerprint density at radius 2 is 1.92 bits per heavy atom. The molecule has 0 rings (SSSR count). The Morgan fingerprint density at radius 3 is 2.38 bits per heavy atom. The number of carbonyl (C=O) groups is 1. The SMILES string of the molecule is CCCCC(CC)C(=O)NCCC. The zero-order chi connectivity index (χ0) is 10.1. The van der Waals surface area contributed by atoms with Crippen molar-refractivity contribution in [2.45, 2.75) is 52.9 Å². The lowest BCUT2D eigenvalue weighted by molar-refractivity contribution is -0.125. The van der Waals surface area contributed by atoms with Gasteiger partial charge < -0.3 is 5.32 Å². The van der Waals surface area contributed by atoms with Gasteiger partial charge in [-0.3, -0.25) is 4.79 Å². The molecule has 0 aromatic rings. The van der Waals surface area contributed by atoms with Crippen molar-refractivity contribution in [1.82, 2.24) is 5.32 Å². The van der Waals surface area contributed by atoms with E-state index < -0.39 is 0 Å². The van der Waals surface area contributed by atoms with E-state index in [2.05, 4.69) is 26.1 Å². The summed E-state index contributed by atoms with van der Waals surface area (Å²) >= 11 is 0. The van der Waals surface area contributed by atoms with E-state index in [1.807, 2.05) is 0 Å². The molecule has 0 heterocycles. The van der Waals surface area contributed by atoms with Gasteiger partial charge in [-0.15, -0.1) is 0 Å². The first-order valence-corrected chi connectivity index (χ1v) is 5.53. The molecule has 1 unspecified atom stereocenters. The number of carbonyl (C=O) groups excluding carboxylic acids is 1. The van der Waals surface area contributed by atoms with Gasteiger partial charge in [-0.2, -0.15) is 0 Å². The van der Waals surface area contributed by atoms with Crippen LogP contribution in [-0.4, -0.2) is 12.5 Å². The van der Waals surface area contributed by atoms with Gasteiger partial charge in [0.1, 0.15) is 0 Å². The Balaban J connectivity index is 3.71. The molecule has 0 aliphatic heterocycles. The molecular weight excluding hydrogens is 162 g/mol. The molecule has 0 radical (unpaired) electrons. The van der Waals surface area contributed by atoms with Crippen LogP contribution < -0.4 is 5.32 Å². The third-order valence-corrected chi connectivity index (χ3v) is 2.32. The normalized spacial score (nSPS) is 12.5. The Kier molecular flexibility index (Phi) is 7.76. The molecule has 0 aliphatic rings. The zero-order valence-electron chi connectivity index (χ0n) is 9.23. The maximum atomic E-state index is 11.5. The molecule has 1 N–H and O–H groups in total. The topological polar surface area (TPSA) is 29.1 Å². The van der Waals surface area contributed by atoms with Crippen molar-refractivity contribution < 1.29 is 4.79 Å². The van der Waals surface area contributed by atoms with Crippen molar-refractivity contribution in [3.8, 4) is 0 Å². The van der Waals surface area contributed by atoms with Crippen molar-refractivity contribution in [3.05, 3.63) is 0 Å². The summed E-state index contributed by atoms with van der Waals surface area (Å²) in [7, 11) is 0. The first-order chi connectivity index (χ1) is 6.26. The lowest BCUT2D eigenvalue weighted by Crippen LogP contribution is -2.30. The van der Waals surface area contributed by atoms with Crippen molar-refractivity contribution in [2.75, 3.05) is 6.54 Å². The second-order valence-electron chi connectivity index (χ2n) is 3.54. The second kappa shape index (κ2) is 8.09. The number of hydrogen-bond donors (Lipinski definition) is 1. The predicted octanol–water partition coefficient (Wildman–Crippen LogP) is 2.73. The molecule has 1 atom stereocenters. The molecule has 0 spiro atoms. The van der Waals surface area contributed by atoms with Crippen molar-refractivity contribution in [1.29, 1.82) is 0 Å². The van der Waals surface area contributed by atoms with E-state index in [4.69, 9.17) is 0 Å². The van der Waals surface area contributed by atoms with Gasteiger partial charge in [-0.1, -0.05) is 33.6 Å². The Hall–Kier alpha value is -0.530. The molecule has 1 amide bonds. The standard InChI is InChI=1S/C11H23NO/c1-4-7-8-10(6-3)11(13)12-9-5-2/h10H,4-9H2,1-3H3,(H,12,13). The van der Waals surface area contributed by atoms with Crippen LogP contribution in [0.4, 0.5) is 0 Å². The average Bonchev–Trinajstić information content (AvgIpc) is 2.16. The van der Waals surface area contributed by atoms with E-state index >= 15 is 0 Å². The van der Waals surface area contributed by atoms with E-state index in [1.165, 1.54) is 6.42 Å². The van der Waals surface area contributed by atoms with Gasteiger partial charge in [-0.25, -0.2) is 0 Å². The van der Waals surface area contributed by atoms with E-state index in [9.17, 15) is 4.79 Å². The quantitative estimate of drug-likeness (QED) is 0.649. The van der Waals surface area contributed by atoms with Gasteiger partial charge >= 0.3 is 0 Å². The number of nitrogens with one attached hydrogen (secondary N) is 1. The minimum atomic E-state index is 0.242. The summed E-state index contributed by atoms with van der Waals surface area (Å²) in [5, 5.41) is 2.95. The van der Waals surface area contributed by atoms with Crippen molar-refractivity contribution in [3.63, 3.8) is 0 Å². The Labute approximate surface area is 82.1 Å². The highest BCUT2D eigenvalue weighted by Crippen LogP contribution is 2.12. The third-order valence-electron chi connectivity index (χ3n) is 2.32. The molecule has 0 bridgehead atoms. The summed E-state index contributed by atoms with van der Waals surface area (Å²) in [6.07, 6.45) is 5.38. The lowest BCUT2D eigenvalue weighted by atomic mass is 9.98. The third kappa shape index (κ3) is 5.67. The smallest absolute Gasteiger partial charge is 0.223 e. The first-order valence-electron chi connectivity index (χ1n) is 5.53. The van der Waals surface area contributed by atoms with Crippen LogP contribution in [0, 0.1) is 5.92 Å². The van der Waals surface area contributed by atoms with Crippen LogP contribution >= 0.6 is 0 Å². The summed E-state index contributed by atoms with van der Waals surface area (Å²) in [6.45, 7) is 7.15. The zero-order valence-corrected chi connectivity index (χ0v) is 9.23. The molecule has 0 aromatic heterocycles. The number of amides is 1. The van der Waals surface area contributed by atoms with Crippen LogP contribution in [0.1, 0.15) is 52.9 Å². The lowest BCUT2D eigenvalue weighted by Gasteiger charge is -2.13. The molecule has 13 heavy (non-hydrogen) atoms. The first kappa shape index (κ1) is 12.5. The van der Waals surface area contributed by atoms with Crippen LogP contribution in [-0.2, 0) is 4.79 Å². The van der Waals surface area contributed by atoms with Crippen LogP contribution in [0.5, 0.6) is 0 Å². The van der Waals surface area contributed by atoms with Gasteiger partial charge in [0.2, 0.25) is 5.91 Å². The molecule has 0 fully saturated rings. The highest BCUT2D eigenvalue weighted by molar-refractivity contribution is 5.78.